The van der Waals surface area contributed by atoms with Crippen LogP contribution in [-0.4, -0.2) is 11.0 Å². The molecule has 3 aromatic rings. The van der Waals surface area contributed by atoms with Gasteiger partial charge in [0, 0.05) is 23.3 Å². The second kappa shape index (κ2) is 6.94. The van der Waals surface area contributed by atoms with Crippen molar-refractivity contribution in [3.63, 3.8) is 0 Å². The van der Waals surface area contributed by atoms with Gasteiger partial charge in [0.15, 0.2) is 0 Å². The van der Waals surface area contributed by atoms with Gasteiger partial charge in [-0.2, -0.15) is 0 Å². The van der Waals surface area contributed by atoms with Crippen LogP contribution in [0.15, 0.2) is 53.5 Å². The number of fused-ring (bicyclic) bond motifs is 1. The summed E-state index contributed by atoms with van der Waals surface area (Å²) in [6, 6.07) is 13.3. The van der Waals surface area contributed by atoms with E-state index in [9.17, 15) is 9.18 Å². The molecule has 0 atom stereocenters. The highest BCUT2D eigenvalue weighted by Crippen LogP contribution is 2.34. The van der Waals surface area contributed by atoms with Crippen molar-refractivity contribution in [2.24, 2.45) is 0 Å². The minimum absolute atomic E-state index is 0.0445. The van der Waals surface area contributed by atoms with Gasteiger partial charge in [-0.15, -0.1) is 0 Å². The van der Waals surface area contributed by atoms with E-state index >= 15 is 0 Å². The number of halogens is 1. The lowest BCUT2D eigenvalue weighted by Crippen LogP contribution is -2.25. The Labute approximate surface area is 152 Å². The largest absolute Gasteiger partial charge is 0.382 e. The predicted octanol–water partition coefficient (Wildman–Crippen LogP) is 5.11. The highest BCUT2D eigenvalue weighted by atomic mass is 19.1. The lowest BCUT2D eigenvalue weighted by molar-refractivity contribution is 0.412. The van der Waals surface area contributed by atoms with Gasteiger partial charge in [-0.3, -0.25) is 4.79 Å². The van der Waals surface area contributed by atoms with Crippen LogP contribution in [0.1, 0.15) is 42.7 Å². The average Bonchev–Trinajstić information content (AvgIpc) is 2.65. The molecule has 1 fully saturated rings. The van der Waals surface area contributed by atoms with Crippen molar-refractivity contribution in [2.45, 2.75) is 44.6 Å². The van der Waals surface area contributed by atoms with Gasteiger partial charge in [0.2, 0.25) is 0 Å². The Hall–Kier alpha value is -2.62. The number of aryl methyl sites for hydroxylation is 1. The van der Waals surface area contributed by atoms with E-state index in [0.717, 1.165) is 47.7 Å². The summed E-state index contributed by atoms with van der Waals surface area (Å²) in [5, 5.41) is 5.36. The van der Waals surface area contributed by atoms with Crippen LogP contribution in [0.3, 0.4) is 0 Å². The molecule has 1 aliphatic rings. The van der Waals surface area contributed by atoms with Crippen molar-refractivity contribution in [1.82, 2.24) is 4.98 Å². The molecule has 0 bridgehead atoms. The third-order valence-corrected chi connectivity index (χ3v) is 5.55. The Bertz CT molecular complexity index is 970. The summed E-state index contributed by atoms with van der Waals surface area (Å²) in [6.07, 6.45) is 6.09. The van der Waals surface area contributed by atoms with Gasteiger partial charge in [0.1, 0.15) is 5.82 Å². The zero-order valence-corrected chi connectivity index (χ0v) is 14.9. The highest BCUT2D eigenvalue weighted by molar-refractivity contribution is 5.86. The molecule has 0 unspecified atom stereocenters. The minimum atomic E-state index is -0.172. The molecule has 0 saturated heterocycles. The molecule has 4 heteroatoms. The maximum atomic E-state index is 13.1. The van der Waals surface area contributed by atoms with E-state index in [1.165, 1.54) is 5.56 Å². The molecule has 0 radical (unpaired) electrons. The Morgan fingerprint density at radius 3 is 2.50 bits per heavy atom. The monoisotopic (exact) mass is 350 g/mol. The van der Waals surface area contributed by atoms with E-state index in [0.29, 0.717) is 12.0 Å². The first-order valence-electron chi connectivity index (χ1n) is 9.24. The first-order valence-corrected chi connectivity index (χ1v) is 9.24. The quantitative estimate of drug-likeness (QED) is 0.689. The van der Waals surface area contributed by atoms with E-state index in [-0.39, 0.29) is 11.4 Å². The molecule has 3 nitrogen and oxygen atoms in total. The van der Waals surface area contributed by atoms with Crippen molar-refractivity contribution in [3.05, 3.63) is 76.0 Å². The molecule has 1 aliphatic carbocycles. The smallest absolute Gasteiger partial charge is 0.255 e. The van der Waals surface area contributed by atoms with Crippen LogP contribution in [-0.2, 0) is 0 Å². The summed E-state index contributed by atoms with van der Waals surface area (Å²) >= 11 is 0. The van der Waals surface area contributed by atoms with E-state index in [1.54, 1.807) is 18.3 Å². The number of anilines is 1. The van der Waals surface area contributed by atoms with Crippen LogP contribution >= 0.6 is 0 Å². The lowest BCUT2D eigenvalue weighted by Gasteiger charge is -2.30. The standard InChI is InChI=1S/C22H23FN2O/c1-14-12-20-17(10-11-24-22(20)26)13-21(14)25-19-8-4-16(5-9-19)15-2-6-18(23)7-3-15/h2-3,6-7,10-13,16,19,25H,4-5,8-9H2,1H3,(H,24,26)/t16-,19-. The van der Waals surface area contributed by atoms with Crippen molar-refractivity contribution < 1.29 is 4.39 Å². The molecule has 2 N–H and O–H groups in total. The molecule has 2 aromatic carbocycles. The fourth-order valence-electron chi connectivity index (χ4n) is 4.03. The predicted molar refractivity (Wildman–Crippen MR) is 104 cm³/mol. The maximum Gasteiger partial charge on any atom is 0.255 e. The SMILES string of the molecule is Cc1cc2c(=O)[nH]ccc2cc1N[C@H]1CC[C@H](c2ccc(F)cc2)CC1. The topological polar surface area (TPSA) is 44.9 Å². The third kappa shape index (κ3) is 3.36. The fraction of sp³-hybridized carbons (Fsp3) is 0.318. The van der Waals surface area contributed by atoms with E-state index in [4.69, 9.17) is 0 Å². The van der Waals surface area contributed by atoms with E-state index in [1.807, 2.05) is 31.2 Å². The van der Waals surface area contributed by atoms with Crippen LogP contribution < -0.4 is 10.9 Å². The van der Waals surface area contributed by atoms with Crippen LogP contribution in [0.5, 0.6) is 0 Å². The average molecular weight is 350 g/mol. The fourth-order valence-corrected chi connectivity index (χ4v) is 4.03. The summed E-state index contributed by atoms with van der Waals surface area (Å²) in [4.78, 5) is 14.7. The van der Waals surface area contributed by atoms with E-state index in [2.05, 4.69) is 16.4 Å². The van der Waals surface area contributed by atoms with Gasteiger partial charge >= 0.3 is 0 Å². The number of hydrogen-bond donors (Lipinski definition) is 2. The van der Waals surface area contributed by atoms with Gasteiger partial charge in [-0.25, -0.2) is 4.39 Å². The number of pyridine rings is 1. The minimum Gasteiger partial charge on any atom is -0.382 e. The summed E-state index contributed by atoms with van der Waals surface area (Å²) in [5.41, 5.74) is 3.39. The van der Waals surface area contributed by atoms with Crippen molar-refractivity contribution in [1.29, 1.82) is 0 Å². The van der Waals surface area contributed by atoms with Crippen LogP contribution in [0.2, 0.25) is 0 Å². The molecule has 26 heavy (non-hydrogen) atoms. The summed E-state index contributed by atoms with van der Waals surface area (Å²) < 4.78 is 13.1. The third-order valence-electron chi connectivity index (χ3n) is 5.55. The molecule has 0 aliphatic heterocycles. The second-order valence-electron chi connectivity index (χ2n) is 7.31. The zero-order valence-electron chi connectivity index (χ0n) is 14.9. The van der Waals surface area contributed by atoms with Crippen molar-refractivity contribution in [3.8, 4) is 0 Å². The van der Waals surface area contributed by atoms with Gasteiger partial charge in [0.05, 0.1) is 0 Å². The molecule has 1 aromatic heterocycles. The van der Waals surface area contributed by atoms with Crippen molar-refractivity contribution in [2.75, 3.05) is 5.32 Å². The lowest BCUT2D eigenvalue weighted by atomic mass is 9.81. The van der Waals surface area contributed by atoms with Gasteiger partial charge in [-0.05, 0) is 85.4 Å². The first-order chi connectivity index (χ1) is 12.6. The van der Waals surface area contributed by atoms with E-state index < -0.39 is 0 Å². The normalized spacial score (nSPS) is 20.2. The Morgan fingerprint density at radius 2 is 1.77 bits per heavy atom. The van der Waals surface area contributed by atoms with Crippen LogP contribution in [0.25, 0.3) is 10.8 Å². The Balaban J connectivity index is 1.46. The first kappa shape index (κ1) is 16.8. The summed E-state index contributed by atoms with van der Waals surface area (Å²) in [5.74, 6) is 0.347. The van der Waals surface area contributed by atoms with Crippen molar-refractivity contribution >= 4 is 16.5 Å². The zero-order chi connectivity index (χ0) is 18.1. The molecule has 1 heterocycles. The molecular formula is C22H23FN2O. The van der Waals surface area contributed by atoms with Gasteiger partial charge in [0.25, 0.3) is 5.56 Å². The molecule has 1 saturated carbocycles. The van der Waals surface area contributed by atoms with Gasteiger partial charge < -0.3 is 10.3 Å². The number of aromatic nitrogens is 1. The molecule has 134 valence electrons. The van der Waals surface area contributed by atoms with Crippen LogP contribution in [0.4, 0.5) is 10.1 Å². The molecule has 0 spiro atoms. The summed E-state index contributed by atoms with van der Waals surface area (Å²) in [6.45, 7) is 2.04. The maximum absolute atomic E-state index is 13.1. The molecule has 0 amide bonds. The molecule has 4 rings (SSSR count). The molecular weight excluding hydrogens is 327 g/mol. The number of nitrogens with one attached hydrogen (secondary N) is 2. The summed E-state index contributed by atoms with van der Waals surface area (Å²) in [7, 11) is 0. The van der Waals surface area contributed by atoms with Crippen LogP contribution in [0, 0.1) is 12.7 Å². The Morgan fingerprint density at radius 1 is 1.04 bits per heavy atom. The van der Waals surface area contributed by atoms with Gasteiger partial charge in [-0.1, -0.05) is 12.1 Å². The Kier molecular flexibility index (Phi) is 4.49. The number of benzene rings is 2. The number of rotatable bonds is 3. The highest BCUT2D eigenvalue weighted by Gasteiger charge is 2.22. The number of aromatic amines is 1. The number of hydrogen-bond acceptors (Lipinski definition) is 2. The second-order valence-corrected chi connectivity index (χ2v) is 7.31. The number of H-pyrrole nitrogens is 1.